The molecule has 48 valence electrons. The van der Waals surface area contributed by atoms with Crippen molar-refractivity contribution in [3.63, 3.8) is 0 Å². The number of hydrogen-bond acceptors (Lipinski definition) is 2. The highest BCUT2D eigenvalue weighted by Crippen LogP contribution is 1.75. The summed E-state index contributed by atoms with van der Waals surface area (Å²) in [7, 11) is 1.85. The predicted octanol–water partition coefficient (Wildman–Crippen LogP) is -0.577. The van der Waals surface area contributed by atoms with Crippen LogP contribution in [0.4, 0.5) is 0 Å². The highest BCUT2D eigenvalue weighted by Gasteiger charge is 1.96. The van der Waals surface area contributed by atoms with Crippen molar-refractivity contribution in [2.45, 2.75) is 6.92 Å². The summed E-state index contributed by atoms with van der Waals surface area (Å²) in [6.07, 6.45) is 0. The van der Waals surface area contributed by atoms with Crippen molar-refractivity contribution in [1.29, 1.82) is 0 Å². The van der Waals surface area contributed by atoms with Crippen LogP contribution in [0.25, 0.3) is 0 Å². The molecule has 0 aliphatic carbocycles. The van der Waals surface area contributed by atoms with Crippen molar-refractivity contribution < 1.29 is 4.79 Å². The molecular formula is C5H12N2O. The first-order valence-corrected chi connectivity index (χ1v) is 2.63. The van der Waals surface area contributed by atoms with Gasteiger partial charge in [-0.25, -0.2) is 0 Å². The van der Waals surface area contributed by atoms with Crippen LogP contribution in [0.5, 0.6) is 0 Å². The molecule has 3 heteroatoms. The number of nitrogens with two attached hydrogens (primary N) is 1. The van der Waals surface area contributed by atoms with Crippen molar-refractivity contribution in [2.75, 3.05) is 20.1 Å². The molecule has 8 heavy (non-hydrogen) atoms. The second-order valence-electron chi connectivity index (χ2n) is 1.80. The Bertz CT molecular complexity index is 82.5. The zero-order valence-electron chi connectivity index (χ0n) is 5.35. The minimum Gasteiger partial charge on any atom is -0.369 e. The zero-order valence-corrected chi connectivity index (χ0v) is 5.35. The third-order valence-electron chi connectivity index (χ3n) is 0.966. The maximum Gasteiger partial charge on any atom is 0.231 e. The molecule has 0 rings (SSSR count). The summed E-state index contributed by atoms with van der Waals surface area (Å²) in [5, 5.41) is 0. The molecule has 0 spiro atoms. The van der Waals surface area contributed by atoms with Gasteiger partial charge in [0.25, 0.3) is 0 Å². The van der Waals surface area contributed by atoms with E-state index in [2.05, 4.69) is 0 Å². The van der Waals surface area contributed by atoms with Crippen LogP contribution in [0.1, 0.15) is 6.92 Å². The Labute approximate surface area is 49.5 Å². The van der Waals surface area contributed by atoms with E-state index in [-0.39, 0.29) is 5.91 Å². The number of hydrogen-bond donors (Lipinski definition) is 1. The van der Waals surface area contributed by atoms with Crippen LogP contribution < -0.4 is 5.73 Å². The van der Waals surface area contributed by atoms with Gasteiger partial charge in [-0.1, -0.05) is 6.92 Å². The molecule has 0 radical (unpaired) electrons. The lowest BCUT2D eigenvalue weighted by atomic mass is 10.5. The van der Waals surface area contributed by atoms with Gasteiger partial charge in [0, 0.05) is 0 Å². The van der Waals surface area contributed by atoms with Crippen molar-refractivity contribution in [3.8, 4) is 0 Å². The number of amides is 1. The molecule has 0 saturated carbocycles. The highest BCUT2D eigenvalue weighted by molar-refractivity contribution is 5.75. The molecule has 0 fully saturated rings. The van der Waals surface area contributed by atoms with Gasteiger partial charge in [0.05, 0.1) is 6.54 Å². The van der Waals surface area contributed by atoms with Crippen LogP contribution in [-0.4, -0.2) is 30.9 Å². The summed E-state index contributed by atoms with van der Waals surface area (Å²) in [6, 6.07) is 0. The van der Waals surface area contributed by atoms with E-state index in [9.17, 15) is 4.79 Å². The number of primary amides is 1. The third-order valence-corrected chi connectivity index (χ3v) is 0.966. The van der Waals surface area contributed by atoms with Crippen LogP contribution in [0.2, 0.25) is 0 Å². The van der Waals surface area contributed by atoms with Crippen LogP contribution >= 0.6 is 0 Å². The fourth-order valence-corrected chi connectivity index (χ4v) is 0.378. The van der Waals surface area contributed by atoms with Gasteiger partial charge in [0.1, 0.15) is 0 Å². The van der Waals surface area contributed by atoms with E-state index in [4.69, 9.17) is 5.73 Å². The van der Waals surface area contributed by atoms with Crippen molar-refractivity contribution in [2.24, 2.45) is 5.73 Å². The summed E-state index contributed by atoms with van der Waals surface area (Å²) in [5.74, 6) is -0.269. The molecule has 0 unspecified atom stereocenters. The van der Waals surface area contributed by atoms with Crippen LogP contribution in [0.3, 0.4) is 0 Å². The van der Waals surface area contributed by atoms with Gasteiger partial charge >= 0.3 is 0 Å². The van der Waals surface area contributed by atoms with Gasteiger partial charge in [-0.05, 0) is 13.6 Å². The smallest absolute Gasteiger partial charge is 0.231 e. The first-order valence-electron chi connectivity index (χ1n) is 2.63. The fraction of sp³-hybridized carbons (Fsp3) is 0.800. The maximum absolute atomic E-state index is 10.1. The number of rotatable bonds is 3. The third kappa shape index (κ3) is 3.61. The number of carbonyl (C=O) groups excluding carboxylic acids is 1. The van der Waals surface area contributed by atoms with Gasteiger partial charge in [-0.2, -0.15) is 0 Å². The van der Waals surface area contributed by atoms with E-state index in [1.807, 2.05) is 18.9 Å². The lowest BCUT2D eigenvalue weighted by Gasteiger charge is -2.08. The fourth-order valence-electron chi connectivity index (χ4n) is 0.378. The molecule has 0 heterocycles. The normalized spacial score (nSPS) is 9.88. The van der Waals surface area contributed by atoms with Gasteiger partial charge < -0.3 is 5.73 Å². The van der Waals surface area contributed by atoms with Crippen LogP contribution in [0, 0.1) is 0 Å². The molecular weight excluding hydrogens is 104 g/mol. The standard InChI is InChI=1S/C5H12N2O/c1-3-7(2)4-5(6)8/h3-4H2,1-2H3,(H2,6,8). The van der Waals surface area contributed by atoms with Gasteiger partial charge in [-0.3, -0.25) is 9.69 Å². The molecule has 0 aromatic heterocycles. The summed E-state index contributed by atoms with van der Waals surface area (Å²) in [5.41, 5.74) is 4.89. The summed E-state index contributed by atoms with van der Waals surface area (Å²) < 4.78 is 0. The predicted molar refractivity (Wildman–Crippen MR) is 32.4 cm³/mol. The molecule has 3 nitrogen and oxygen atoms in total. The summed E-state index contributed by atoms with van der Waals surface area (Å²) >= 11 is 0. The van der Waals surface area contributed by atoms with E-state index in [1.165, 1.54) is 0 Å². The quantitative estimate of drug-likeness (QED) is 0.536. The Hall–Kier alpha value is -0.570. The number of nitrogens with zero attached hydrogens (tertiary/aromatic N) is 1. The van der Waals surface area contributed by atoms with E-state index in [0.29, 0.717) is 6.54 Å². The van der Waals surface area contributed by atoms with E-state index < -0.39 is 0 Å². The van der Waals surface area contributed by atoms with Crippen molar-refractivity contribution in [3.05, 3.63) is 0 Å². The van der Waals surface area contributed by atoms with E-state index >= 15 is 0 Å². The molecule has 0 atom stereocenters. The molecule has 0 aromatic rings. The lowest BCUT2D eigenvalue weighted by molar-refractivity contribution is -0.118. The monoisotopic (exact) mass is 116 g/mol. The topological polar surface area (TPSA) is 46.3 Å². The van der Waals surface area contributed by atoms with Crippen molar-refractivity contribution in [1.82, 2.24) is 4.90 Å². The second-order valence-corrected chi connectivity index (χ2v) is 1.80. The Morgan fingerprint density at radius 2 is 2.25 bits per heavy atom. The molecule has 2 N–H and O–H groups in total. The maximum atomic E-state index is 10.1. The minimum atomic E-state index is -0.269. The first kappa shape index (κ1) is 7.43. The second kappa shape index (κ2) is 3.43. The van der Waals surface area contributed by atoms with Crippen LogP contribution in [0.15, 0.2) is 0 Å². The van der Waals surface area contributed by atoms with Gasteiger partial charge in [0.2, 0.25) is 5.91 Å². The molecule has 0 bridgehead atoms. The Balaban J connectivity index is 3.24. The molecule has 1 amide bonds. The van der Waals surface area contributed by atoms with Gasteiger partial charge in [-0.15, -0.1) is 0 Å². The minimum absolute atomic E-state index is 0.269. The zero-order chi connectivity index (χ0) is 6.57. The van der Waals surface area contributed by atoms with E-state index in [1.54, 1.807) is 0 Å². The van der Waals surface area contributed by atoms with E-state index in [0.717, 1.165) is 6.54 Å². The molecule has 0 saturated heterocycles. The SMILES string of the molecule is CCN(C)CC(N)=O. The number of carbonyl (C=O) groups is 1. The van der Waals surface area contributed by atoms with Gasteiger partial charge in [0.15, 0.2) is 0 Å². The Morgan fingerprint density at radius 3 is 2.38 bits per heavy atom. The Morgan fingerprint density at radius 1 is 1.75 bits per heavy atom. The van der Waals surface area contributed by atoms with Crippen LogP contribution in [-0.2, 0) is 4.79 Å². The largest absolute Gasteiger partial charge is 0.369 e. The highest BCUT2D eigenvalue weighted by atomic mass is 16.1. The summed E-state index contributed by atoms with van der Waals surface area (Å²) in [6.45, 7) is 3.20. The summed E-state index contributed by atoms with van der Waals surface area (Å²) in [4.78, 5) is 12.0. The lowest BCUT2D eigenvalue weighted by Crippen LogP contribution is -2.30. The molecule has 0 aliphatic rings. The molecule has 0 aliphatic heterocycles. The molecule has 0 aromatic carbocycles. The average Bonchev–Trinajstić information content (AvgIpc) is 1.65. The number of likely N-dealkylation sites (N-methyl/N-ethyl adjacent to an activating group) is 1. The Kier molecular flexibility index (Phi) is 3.19. The average molecular weight is 116 g/mol. The van der Waals surface area contributed by atoms with Crippen molar-refractivity contribution >= 4 is 5.91 Å². The first-order chi connectivity index (χ1) is 3.66.